The minimum atomic E-state index is -0.614. The number of aliphatic hydroxyl groups is 1. The summed E-state index contributed by atoms with van der Waals surface area (Å²) >= 11 is 0. The van der Waals surface area contributed by atoms with Gasteiger partial charge < -0.3 is 10.4 Å². The molecule has 0 saturated heterocycles. The third-order valence-electron chi connectivity index (χ3n) is 5.88. The van der Waals surface area contributed by atoms with E-state index in [1.165, 1.54) is 18.6 Å². The molecule has 4 fully saturated rings. The summed E-state index contributed by atoms with van der Waals surface area (Å²) in [5.41, 5.74) is -0.0888. The molecule has 1 amide bonds. The molecule has 0 aliphatic heterocycles. The fourth-order valence-corrected chi connectivity index (χ4v) is 5.45. The van der Waals surface area contributed by atoms with Gasteiger partial charge in [0.2, 0.25) is 5.91 Å². The van der Waals surface area contributed by atoms with Crippen molar-refractivity contribution in [2.24, 2.45) is 17.3 Å². The normalized spacial score (nSPS) is 39.0. The third kappa shape index (κ3) is 2.34. The average molecular weight is 303 g/mol. The van der Waals surface area contributed by atoms with Crippen LogP contribution >= 0.6 is 0 Å². The minimum Gasteiger partial charge on any atom is -0.390 e. The highest BCUT2D eigenvalue weighted by molar-refractivity contribution is 5.83. The zero-order valence-corrected chi connectivity index (χ0v) is 12.6. The van der Waals surface area contributed by atoms with Gasteiger partial charge in [-0.3, -0.25) is 4.79 Å². The molecule has 0 radical (unpaired) electrons. The van der Waals surface area contributed by atoms with Crippen LogP contribution in [-0.2, 0) is 11.3 Å². The Morgan fingerprint density at radius 3 is 2.41 bits per heavy atom. The van der Waals surface area contributed by atoms with Crippen molar-refractivity contribution in [1.82, 2.24) is 5.32 Å². The summed E-state index contributed by atoms with van der Waals surface area (Å²) in [5, 5.41) is 13.7. The van der Waals surface area contributed by atoms with E-state index in [0.717, 1.165) is 31.2 Å². The largest absolute Gasteiger partial charge is 0.390 e. The molecule has 0 heterocycles. The summed E-state index contributed by atoms with van der Waals surface area (Å²) in [4.78, 5) is 12.8. The zero-order chi connectivity index (χ0) is 15.4. The molecule has 4 heteroatoms. The van der Waals surface area contributed by atoms with Crippen LogP contribution in [0.1, 0.15) is 44.1 Å². The molecule has 0 aromatic heterocycles. The number of rotatable bonds is 3. The fourth-order valence-electron chi connectivity index (χ4n) is 5.45. The molecular weight excluding hydrogens is 281 g/mol. The quantitative estimate of drug-likeness (QED) is 0.902. The number of hydrogen-bond donors (Lipinski definition) is 2. The highest BCUT2D eigenvalue weighted by atomic mass is 19.1. The van der Waals surface area contributed by atoms with Crippen LogP contribution in [0, 0.1) is 23.1 Å². The number of nitrogens with one attached hydrogen (secondary N) is 1. The lowest BCUT2D eigenvalue weighted by molar-refractivity contribution is -0.178. The van der Waals surface area contributed by atoms with Crippen molar-refractivity contribution in [2.75, 3.05) is 0 Å². The number of amides is 1. The van der Waals surface area contributed by atoms with Gasteiger partial charge in [-0.25, -0.2) is 4.39 Å². The van der Waals surface area contributed by atoms with E-state index < -0.39 is 5.60 Å². The maximum Gasteiger partial charge on any atom is 0.226 e. The van der Waals surface area contributed by atoms with Crippen molar-refractivity contribution in [3.8, 4) is 0 Å². The first kappa shape index (κ1) is 14.2. The van der Waals surface area contributed by atoms with E-state index in [2.05, 4.69) is 5.32 Å². The first-order valence-electron chi connectivity index (χ1n) is 8.22. The molecule has 1 aromatic carbocycles. The van der Waals surface area contributed by atoms with Crippen LogP contribution in [0.4, 0.5) is 4.39 Å². The predicted molar refractivity (Wildman–Crippen MR) is 80.3 cm³/mol. The van der Waals surface area contributed by atoms with Crippen LogP contribution in [0.25, 0.3) is 0 Å². The Morgan fingerprint density at radius 2 is 1.82 bits per heavy atom. The summed E-state index contributed by atoms with van der Waals surface area (Å²) in [6, 6.07) is 6.22. The first-order chi connectivity index (χ1) is 10.5. The Bertz CT molecular complexity index is 584. The minimum absolute atomic E-state index is 0.0735. The summed E-state index contributed by atoms with van der Waals surface area (Å²) in [6.07, 6.45) is 5.37. The van der Waals surface area contributed by atoms with E-state index in [1.54, 1.807) is 12.1 Å². The van der Waals surface area contributed by atoms with Crippen molar-refractivity contribution >= 4 is 5.91 Å². The first-order valence-corrected chi connectivity index (χ1v) is 8.22. The lowest BCUT2D eigenvalue weighted by atomic mass is 9.47. The Hall–Kier alpha value is -1.42. The predicted octanol–water partition coefficient (Wildman–Crippen LogP) is 2.77. The van der Waals surface area contributed by atoms with Crippen molar-refractivity contribution in [3.05, 3.63) is 35.6 Å². The lowest BCUT2D eigenvalue weighted by Crippen LogP contribution is -2.60. The van der Waals surface area contributed by atoms with E-state index in [0.29, 0.717) is 24.8 Å². The molecule has 4 saturated carbocycles. The highest BCUT2D eigenvalue weighted by Gasteiger charge is 2.60. The SMILES string of the molecule is O=C(NCc1ccc(F)cc1)C12C[C@@H]3C[C@@H](CC(O)(C3)C1)C2. The molecule has 1 aromatic rings. The smallest absolute Gasteiger partial charge is 0.226 e. The molecule has 0 spiro atoms. The molecule has 2 N–H and O–H groups in total. The second kappa shape index (κ2) is 4.79. The van der Waals surface area contributed by atoms with Gasteiger partial charge in [0, 0.05) is 6.54 Å². The molecule has 4 aliphatic rings. The van der Waals surface area contributed by atoms with Crippen LogP contribution in [0.3, 0.4) is 0 Å². The molecule has 118 valence electrons. The lowest BCUT2D eigenvalue weighted by Gasteiger charge is -2.59. The number of carbonyl (C=O) groups excluding carboxylic acids is 1. The third-order valence-corrected chi connectivity index (χ3v) is 5.88. The van der Waals surface area contributed by atoms with Gasteiger partial charge in [-0.15, -0.1) is 0 Å². The topological polar surface area (TPSA) is 49.3 Å². The van der Waals surface area contributed by atoms with Gasteiger partial charge in [-0.2, -0.15) is 0 Å². The second-order valence-corrected chi connectivity index (χ2v) is 7.77. The molecule has 3 nitrogen and oxygen atoms in total. The molecule has 4 aliphatic carbocycles. The van der Waals surface area contributed by atoms with Crippen LogP contribution in [0.5, 0.6) is 0 Å². The van der Waals surface area contributed by atoms with Gasteiger partial charge in [-0.1, -0.05) is 12.1 Å². The van der Waals surface area contributed by atoms with Gasteiger partial charge in [0.15, 0.2) is 0 Å². The van der Waals surface area contributed by atoms with E-state index in [-0.39, 0.29) is 17.1 Å². The average Bonchev–Trinajstić information content (AvgIpc) is 2.43. The molecule has 2 unspecified atom stereocenters. The Kier molecular flexibility index (Phi) is 3.09. The molecular formula is C18H22FNO2. The number of hydrogen-bond acceptors (Lipinski definition) is 2. The highest BCUT2D eigenvalue weighted by Crippen LogP contribution is 2.61. The van der Waals surface area contributed by atoms with E-state index in [1.807, 2.05) is 0 Å². The number of halogens is 1. The van der Waals surface area contributed by atoms with Gasteiger partial charge in [0.1, 0.15) is 5.82 Å². The Morgan fingerprint density at radius 1 is 1.18 bits per heavy atom. The van der Waals surface area contributed by atoms with E-state index >= 15 is 0 Å². The van der Waals surface area contributed by atoms with Crippen molar-refractivity contribution in [3.63, 3.8) is 0 Å². The molecule has 4 bridgehead atoms. The Balaban J connectivity index is 1.47. The van der Waals surface area contributed by atoms with Crippen LogP contribution in [0.15, 0.2) is 24.3 Å². The van der Waals surface area contributed by atoms with E-state index in [9.17, 15) is 14.3 Å². The maximum absolute atomic E-state index is 12.9. The monoisotopic (exact) mass is 303 g/mol. The van der Waals surface area contributed by atoms with Crippen LogP contribution < -0.4 is 5.32 Å². The molecule has 22 heavy (non-hydrogen) atoms. The Labute approximate surface area is 129 Å². The van der Waals surface area contributed by atoms with Gasteiger partial charge >= 0.3 is 0 Å². The zero-order valence-electron chi connectivity index (χ0n) is 12.6. The summed E-state index contributed by atoms with van der Waals surface area (Å²) in [7, 11) is 0. The van der Waals surface area contributed by atoms with Gasteiger partial charge in [0.05, 0.1) is 11.0 Å². The second-order valence-electron chi connectivity index (χ2n) is 7.77. The summed E-state index contributed by atoms with van der Waals surface area (Å²) in [6.45, 7) is 0.425. The number of benzene rings is 1. The maximum atomic E-state index is 12.9. The molecule has 5 rings (SSSR count). The fraction of sp³-hybridized carbons (Fsp3) is 0.611. The standard InChI is InChI=1S/C18H22FNO2/c19-15-3-1-12(2-4-15)10-20-16(21)17-6-13-5-14(7-17)9-18(22,8-13)11-17/h1-4,13-14,22H,5-11H2,(H,20,21)/t13-,14+,17?,18?. The summed E-state index contributed by atoms with van der Waals surface area (Å²) < 4.78 is 12.9. The molecule has 4 atom stereocenters. The van der Waals surface area contributed by atoms with Crippen molar-refractivity contribution in [1.29, 1.82) is 0 Å². The van der Waals surface area contributed by atoms with Gasteiger partial charge in [0.25, 0.3) is 0 Å². The van der Waals surface area contributed by atoms with Crippen LogP contribution in [-0.4, -0.2) is 16.6 Å². The van der Waals surface area contributed by atoms with Crippen LogP contribution in [0.2, 0.25) is 0 Å². The van der Waals surface area contributed by atoms with Crippen molar-refractivity contribution < 1.29 is 14.3 Å². The summed E-state index contributed by atoms with van der Waals surface area (Å²) in [5.74, 6) is 0.813. The van der Waals surface area contributed by atoms with E-state index in [4.69, 9.17) is 0 Å². The van der Waals surface area contributed by atoms with Gasteiger partial charge in [-0.05, 0) is 68.1 Å². The number of carbonyl (C=O) groups is 1. The van der Waals surface area contributed by atoms with Crippen molar-refractivity contribution in [2.45, 2.75) is 50.7 Å².